The number of phenolic OH excluding ortho intramolecular Hbond substituents is 2. The first kappa shape index (κ1) is 18.3. The van der Waals surface area contributed by atoms with Crippen molar-refractivity contribution in [2.24, 2.45) is 0 Å². The van der Waals surface area contributed by atoms with E-state index in [1.807, 2.05) is 18.2 Å². The number of para-hydroxylation sites is 1. The van der Waals surface area contributed by atoms with E-state index in [0.29, 0.717) is 16.7 Å². The van der Waals surface area contributed by atoms with Gasteiger partial charge in [0.15, 0.2) is 11.3 Å². The Morgan fingerprint density at radius 2 is 1.93 bits per heavy atom. The molecule has 140 valence electrons. The van der Waals surface area contributed by atoms with Crippen LogP contribution in [0, 0.1) is 6.92 Å². The van der Waals surface area contributed by atoms with Crippen molar-refractivity contribution in [3.63, 3.8) is 0 Å². The molecule has 0 saturated heterocycles. The Hall–Kier alpha value is -3.48. The lowest BCUT2D eigenvalue weighted by molar-refractivity contribution is -0.120. The maximum absolute atomic E-state index is 12.3. The summed E-state index contributed by atoms with van der Waals surface area (Å²) in [7, 11) is 1.55. The summed E-state index contributed by atoms with van der Waals surface area (Å²) in [5.41, 5.74) is 0.703. The highest BCUT2D eigenvalue weighted by molar-refractivity contribution is 5.89. The Bertz CT molecular complexity index is 1070. The molecule has 7 heteroatoms. The highest BCUT2D eigenvalue weighted by Gasteiger charge is 2.18. The summed E-state index contributed by atoms with van der Waals surface area (Å²) >= 11 is 0. The molecule has 0 aliphatic carbocycles. The third-order valence-corrected chi connectivity index (χ3v) is 4.41. The molecule has 0 unspecified atom stereocenters. The first-order valence-corrected chi connectivity index (χ1v) is 8.28. The van der Waals surface area contributed by atoms with E-state index in [0.717, 1.165) is 5.56 Å². The summed E-state index contributed by atoms with van der Waals surface area (Å²) in [6.07, 6.45) is -0.166. The van der Waals surface area contributed by atoms with Crippen LogP contribution in [0.15, 0.2) is 45.6 Å². The molecule has 27 heavy (non-hydrogen) atoms. The van der Waals surface area contributed by atoms with Gasteiger partial charge in [-0.3, -0.25) is 4.79 Å². The van der Waals surface area contributed by atoms with Crippen LogP contribution in [0.4, 0.5) is 0 Å². The number of aromatic hydroxyl groups is 2. The lowest BCUT2D eigenvalue weighted by Gasteiger charge is -2.11. The number of fused-ring (bicyclic) bond motifs is 1. The largest absolute Gasteiger partial charge is 0.504 e. The Labute approximate surface area is 154 Å². The molecule has 1 aromatic heterocycles. The van der Waals surface area contributed by atoms with Crippen molar-refractivity contribution in [2.45, 2.75) is 19.9 Å². The summed E-state index contributed by atoms with van der Waals surface area (Å²) in [6, 6.07) is 10.1. The molecule has 0 radical (unpaired) electrons. The third kappa shape index (κ3) is 3.57. The zero-order valence-corrected chi connectivity index (χ0v) is 14.9. The number of ether oxygens (including phenoxy) is 1. The molecule has 1 heterocycles. The number of hydrogen-bond donors (Lipinski definition) is 3. The van der Waals surface area contributed by atoms with Gasteiger partial charge in [0.05, 0.1) is 19.1 Å². The first-order valence-electron chi connectivity index (χ1n) is 8.28. The molecular formula is C20H19NO6. The van der Waals surface area contributed by atoms with Gasteiger partial charge in [-0.1, -0.05) is 18.2 Å². The lowest BCUT2D eigenvalue weighted by Crippen LogP contribution is -2.27. The number of rotatable bonds is 5. The maximum Gasteiger partial charge on any atom is 0.340 e. The van der Waals surface area contributed by atoms with E-state index in [2.05, 4.69) is 5.32 Å². The van der Waals surface area contributed by atoms with Gasteiger partial charge >= 0.3 is 5.63 Å². The molecule has 7 nitrogen and oxygen atoms in total. The molecule has 1 amide bonds. The van der Waals surface area contributed by atoms with Crippen LogP contribution in [0.3, 0.4) is 0 Å². The average Bonchev–Trinajstić information content (AvgIpc) is 2.67. The monoisotopic (exact) mass is 369 g/mol. The Kier molecular flexibility index (Phi) is 5.03. The highest BCUT2D eigenvalue weighted by Crippen LogP contribution is 2.34. The molecule has 2 aromatic carbocycles. The van der Waals surface area contributed by atoms with Gasteiger partial charge in [-0.05, 0) is 30.7 Å². The third-order valence-electron chi connectivity index (χ3n) is 4.41. The zero-order valence-electron chi connectivity index (χ0n) is 14.9. The van der Waals surface area contributed by atoms with Crippen molar-refractivity contribution >= 4 is 16.9 Å². The summed E-state index contributed by atoms with van der Waals surface area (Å²) in [4.78, 5) is 24.6. The van der Waals surface area contributed by atoms with Gasteiger partial charge in [0, 0.05) is 17.5 Å². The number of carbonyl (C=O) groups excluding carboxylic acids is 1. The average molecular weight is 369 g/mol. The van der Waals surface area contributed by atoms with Crippen molar-refractivity contribution in [3.05, 3.63) is 63.5 Å². The normalized spacial score (nSPS) is 10.7. The van der Waals surface area contributed by atoms with Crippen LogP contribution in [0.1, 0.15) is 16.7 Å². The predicted octanol–water partition coefficient (Wildman–Crippen LogP) is 2.38. The molecule has 0 spiro atoms. The number of hydrogen-bond acceptors (Lipinski definition) is 6. The second-order valence-electron chi connectivity index (χ2n) is 6.07. The molecule has 0 saturated carbocycles. The van der Waals surface area contributed by atoms with E-state index in [9.17, 15) is 19.8 Å². The number of benzene rings is 2. The number of aryl methyl sites for hydroxylation is 1. The van der Waals surface area contributed by atoms with E-state index in [1.165, 1.54) is 12.1 Å². The number of amides is 1. The topological polar surface area (TPSA) is 109 Å². The molecule has 0 atom stereocenters. The minimum atomic E-state index is -0.728. The smallest absolute Gasteiger partial charge is 0.340 e. The van der Waals surface area contributed by atoms with Gasteiger partial charge < -0.3 is 24.7 Å². The van der Waals surface area contributed by atoms with E-state index in [4.69, 9.17) is 9.15 Å². The van der Waals surface area contributed by atoms with Crippen LogP contribution >= 0.6 is 0 Å². The van der Waals surface area contributed by atoms with E-state index >= 15 is 0 Å². The molecule has 3 N–H and O–H groups in total. The summed E-state index contributed by atoms with van der Waals surface area (Å²) in [5, 5.41) is 22.6. The molecule has 0 fully saturated rings. The quantitative estimate of drug-likeness (QED) is 0.471. The minimum Gasteiger partial charge on any atom is -0.504 e. The van der Waals surface area contributed by atoms with Gasteiger partial charge in [0.25, 0.3) is 0 Å². The van der Waals surface area contributed by atoms with E-state index in [-0.39, 0.29) is 35.8 Å². The maximum atomic E-state index is 12.3. The zero-order chi connectivity index (χ0) is 19.6. The fraction of sp³-hybridized carbons (Fsp3) is 0.200. The van der Waals surface area contributed by atoms with Gasteiger partial charge in [0.1, 0.15) is 5.75 Å². The second kappa shape index (κ2) is 7.41. The fourth-order valence-electron chi connectivity index (χ4n) is 2.90. The standard InChI is InChI=1S/C20H19NO6/c1-11-13-7-8-15(22)18(24)19(13)27-20(25)14(11)9-17(23)21-10-12-5-3-4-6-16(12)26-2/h3-8,22,24H,9-10H2,1-2H3,(H,21,23). The van der Waals surface area contributed by atoms with Gasteiger partial charge in [-0.25, -0.2) is 4.79 Å². The van der Waals surface area contributed by atoms with Crippen molar-refractivity contribution in [1.29, 1.82) is 0 Å². The van der Waals surface area contributed by atoms with Crippen LogP contribution < -0.4 is 15.7 Å². The van der Waals surface area contributed by atoms with Crippen molar-refractivity contribution in [1.82, 2.24) is 5.32 Å². The number of methoxy groups -OCH3 is 1. The van der Waals surface area contributed by atoms with Crippen molar-refractivity contribution in [2.75, 3.05) is 7.11 Å². The highest BCUT2D eigenvalue weighted by atomic mass is 16.5. The molecular weight excluding hydrogens is 350 g/mol. The number of phenols is 2. The molecule has 3 rings (SSSR count). The van der Waals surface area contributed by atoms with Crippen LogP contribution in [-0.4, -0.2) is 23.2 Å². The minimum absolute atomic E-state index is 0.101. The molecule has 0 aliphatic heterocycles. The molecule has 0 aliphatic rings. The number of carbonyl (C=O) groups is 1. The fourth-order valence-corrected chi connectivity index (χ4v) is 2.90. The predicted molar refractivity (Wildman–Crippen MR) is 99.1 cm³/mol. The van der Waals surface area contributed by atoms with E-state index < -0.39 is 11.4 Å². The van der Waals surface area contributed by atoms with Gasteiger partial charge in [-0.2, -0.15) is 0 Å². The molecule has 0 bridgehead atoms. The van der Waals surface area contributed by atoms with Crippen LogP contribution in [0.2, 0.25) is 0 Å². The van der Waals surface area contributed by atoms with E-state index in [1.54, 1.807) is 20.1 Å². The Balaban J connectivity index is 1.83. The summed E-state index contributed by atoms with van der Waals surface area (Å²) < 4.78 is 10.4. The summed E-state index contributed by atoms with van der Waals surface area (Å²) in [5.74, 6) is -0.569. The van der Waals surface area contributed by atoms with Crippen LogP contribution in [0.5, 0.6) is 17.2 Å². The lowest BCUT2D eigenvalue weighted by atomic mass is 10.0. The first-order chi connectivity index (χ1) is 12.9. The Morgan fingerprint density at radius 1 is 1.19 bits per heavy atom. The van der Waals surface area contributed by atoms with Gasteiger partial charge in [0.2, 0.25) is 11.7 Å². The summed E-state index contributed by atoms with van der Waals surface area (Å²) in [6.45, 7) is 1.92. The second-order valence-corrected chi connectivity index (χ2v) is 6.07. The molecule has 3 aromatic rings. The van der Waals surface area contributed by atoms with Crippen LogP contribution in [0.25, 0.3) is 11.0 Å². The van der Waals surface area contributed by atoms with Gasteiger partial charge in [-0.15, -0.1) is 0 Å². The van der Waals surface area contributed by atoms with Crippen molar-refractivity contribution in [3.8, 4) is 17.2 Å². The number of nitrogens with one attached hydrogen (secondary N) is 1. The SMILES string of the molecule is COc1ccccc1CNC(=O)Cc1c(C)c2ccc(O)c(O)c2oc1=O. The Morgan fingerprint density at radius 3 is 2.67 bits per heavy atom. The van der Waals surface area contributed by atoms with Crippen LogP contribution in [-0.2, 0) is 17.8 Å². The van der Waals surface area contributed by atoms with Crippen molar-refractivity contribution < 1.29 is 24.2 Å².